The lowest BCUT2D eigenvalue weighted by atomic mass is 10.3. The van der Waals surface area contributed by atoms with Gasteiger partial charge in [-0.15, -0.1) is 0 Å². The molecule has 17 heavy (non-hydrogen) atoms. The molecule has 1 N–H and O–H groups in total. The molecule has 0 aromatic heterocycles. The molecule has 6 heteroatoms. The minimum atomic E-state index is -2.06. The van der Waals surface area contributed by atoms with Crippen molar-refractivity contribution in [2.24, 2.45) is 5.92 Å². The van der Waals surface area contributed by atoms with Crippen molar-refractivity contribution in [2.45, 2.75) is 23.0 Å². The molecular weight excluding hydrogens is 250 g/mol. The van der Waals surface area contributed by atoms with Gasteiger partial charge in [0.2, 0.25) is 0 Å². The van der Waals surface area contributed by atoms with Crippen molar-refractivity contribution in [3.63, 3.8) is 0 Å². The molecule has 2 atom stereocenters. The van der Waals surface area contributed by atoms with E-state index in [0.29, 0.717) is 12.8 Å². The highest BCUT2D eigenvalue weighted by atomic mass is 32.2. The van der Waals surface area contributed by atoms with Gasteiger partial charge in [-0.25, -0.2) is 8.78 Å². The number of benzene rings is 1. The van der Waals surface area contributed by atoms with E-state index in [1.54, 1.807) is 0 Å². The molecule has 1 aliphatic rings. The second-order valence-electron chi connectivity index (χ2n) is 3.97. The van der Waals surface area contributed by atoms with Gasteiger partial charge in [0.25, 0.3) is 0 Å². The van der Waals surface area contributed by atoms with E-state index >= 15 is 0 Å². The van der Waals surface area contributed by atoms with Crippen LogP contribution in [0.25, 0.3) is 0 Å². The lowest BCUT2D eigenvalue weighted by Gasteiger charge is -2.11. The fraction of sp³-hybridized carbons (Fsp3) is 0.364. The van der Waals surface area contributed by atoms with Gasteiger partial charge in [-0.05, 0) is 37.0 Å². The maximum atomic E-state index is 13.4. The lowest BCUT2D eigenvalue weighted by Crippen LogP contribution is -2.28. The summed E-state index contributed by atoms with van der Waals surface area (Å²) in [7, 11) is -2.06. The fourth-order valence-electron chi connectivity index (χ4n) is 1.64. The summed E-state index contributed by atoms with van der Waals surface area (Å²) < 4.78 is 38.3. The van der Waals surface area contributed by atoms with Crippen molar-refractivity contribution in [1.29, 1.82) is 0 Å². The number of hydrogen-bond acceptors (Lipinski definition) is 2. The second-order valence-corrected chi connectivity index (χ2v) is 5.51. The minimum Gasteiger partial charge on any atom is -0.480 e. The zero-order valence-corrected chi connectivity index (χ0v) is 9.55. The number of halogens is 2. The molecule has 2 unspecified atom stereocenters. The molecular formula is C11H10F2O3S. The molecule has 1 aromatic rings. The van der Waals surface area contributed by atoms with Crippen molar-refractivity contribution in [2.75, 3.05) is 0 Å². The molecule has 1 aromatic carbocycles. The summed E-state index contributed by atoms with van der Waals surface area (Å²) in [6.07, 6.45) is 1.33. The Labute approximate surface area is 98.9 Å². The zero-order valence-electron chi connectivity index (χ0n) is 8.73. The second kappa shape index (κ2) is 4.52. The first-order chi connectivity index (χ1) is 8.00. The predicted octanol–water partition coefficient (Wildman–Crippen LogP) is 1.94. The fourth-order valence-corrected chi connectivity index (χ4v) is 3.20. The van der Waals surface area contributed by atoms with Gasteiger partial charge < -0.3 is 5.11 Å². The van der Waals surface area contributed by atoms with Gasteiger partial charge in [0.05, 0.1) is 15.7 Å². The van der Waals surface area contributed by atoms with Crippen LogP contribution in [0.5, 0.6) is 0 Å². The van der Waals surface area contributed by atoms with Crippen LogP contribution in [0.4, 0.5) is 8.78 Å². The normalized spacial score (nSPS) is 18.7. The molecule has 0 aliphatic heterocycles. The first-order valence-electron chi connectivity index (χ1n) is 5.09. The van der Waals surface area contributed by atoms with Gasteiger partial charge in [-0.3, -0.25) is 9.00 Å². The number of hydrogen-bond donors (Lipinski definition) is 1. The third-order valence-electron chi connectivity index (χ3n) is 2.63. The summed E-state index contributed by atoms with van der Waals surface area (Å²) >= 11 is 0. The molecule has 1 fully saturated rings. The molecule has 1 aliphatic carbocycles. The monoisotopic (exact) mass is 260 g/mol. The largest absolute Gasteiger partial charge is 0.480 e. The van der Waals surface area contributed by atoms with Crippen molar-refractivity contribution in [3.8, 4) is 0 Å². The number of carboxylic acids is 1. The van der Waals surface area contributed by atoms with E-state index in [-0.39, 0.29) is 10.8 Å². The quantitative estimate of drug-likeness (QED) is 0.900. The standard InChI is InChI=1S/C11H10F2O3S/c12-7-3-4-8(13)9(5-7)17(16)10(11(14)15)6-1-2-6/h3-6,10H,1-2H2,(H,14,15). The Kier molecular flexibility index (Phi) is 3.24. The molecule has 0 spiro atoms. The summed E-state index contributed by atoms with van der Waals surface area (Å²) in [4.78, 5) is 10.6. The number of carboxylic acid groups (broad SMARTS) is 1. The molecule has 0 heterocycles. The summed E-state index contributed by atoms with van der Waals surface area (Å²) in [5.74, 6) is -2.99. The van der Waals surface area contributed by atoms with Crippen molar-refractivity contribution in [3.05, 3.63) is 29.8 Å². The molecule has 0 bridgehead atoms. The highest BCUT2D eigenvalue weighted by Gasteiger charge is 2.41. The molecule has 0 radical (unpaired) electrons. The molecule has 0 saturated heterocycles. The van der Waals surface area contributed by atoms with Crippen LogP contribution in [-0.4, -0.2) is 20.5 Å². The van der Waals surface area contributed by atoms with Gasteiger partial charge >= 0.3 is 5.97 Å². The number of aliphatic carboxylic acids is 1. The molecule has 3 nitrogen and oxygen atoms in total. The molecule has 1 saturated carbocycles. The average molecular weight is 260 g/mol. The summed E-state index contributed by atoms with van der Waals surface area (Å²) in [5.41, 5.74) is 0. The van der Waals surface area contributed by atoms with Gasteiger partial charge in [-0.1, -0.05) is 0 Å². The third-order valence-corrected chi connectivity index (χ3v) is 4.43. The third kappa shape index (κ3) is 2.52. The SMILES string of the molecule is O=C(O)C(C1CC1)S(=O)c1cc(F)ccc1F. The van der Waals surface area contributed by atoms with E-state index in [2.05, 4.69) is 0 Å². The van der Waals surface area contributed by atoms with Crippen LogP contribution in [0, 0.1) is 17.6 Å². The predicted molar refractivity (Wildman–Crippen MR) is 56.9 cm³/mol. The van der Waals surface area contributed by atoms with Crippen LogP contribution in [0.1, 0.15) is 12.8 Å². The van der Waals surface area contributed by atoms with E-state index in [1.165, 1.54) is 0 Å². The van der Waals surface area contributed by atoms with E-state index in [1.807, 2.05) is 0 Å². The van der Waals surface area contributed by atoms with E-state index in [9.17, 15) is 17.8 Å². The topological polar surface area (TPSA) is 54.4 Å². The maximum absolute atomic E-state index is 13.4. The number of rotatable bonds is 4. The first-order valence-corrected chi connectivity index (χ1v) is 6.30. The summed E-state index contributed by atoms with van der Waals surface area (Å²) in [5, 5.41) is 7.82. The van der Waals surface area contributed by atoms with Gasteiger partial charge in [-0.2, -0.15) is 0 Å². The highest BCUT2D eigenvalue weighted by molar-refractivity contribution is 7.86. The van der Waals surface area contributed by atoms with Crippen molar-refractivity contribution in [1.82, 2.24) is 0 Å². The lowest BCUT2D eigenvalue weighted by molar-refractivity contribution is -0.136. The molecule has 2 rings (SSSR count). The number of carbonyl (C=O) groups is 1. The minimum absolute atomic E-state index is 0.198. The molecule has 92 valence electrons. The summed E-state index contributed by atoms with van der Waals surface area (Å²) in [6, 6.07) is 2.56. The molecule has 0 amide bonds. The van der Waals surface area contributed by atoms with Gasteiger partial charge in [0.15, 0.2) is 0 Å². The van der Waals surface area contributed by atoms with Crippen LogP contribution in [0.3, 0.4) is 0 Å². The van der Waals surface area contributed by atoms with E-state index < -0.39 is 33.7 Å². The van der Waals surface area contributed by atoms with Gasteiger partial charge in [0, 0.05) is 0 Å². The first kappa shape index (κ1) is 12.2. The Balaban J connectivity index is 2.34. The Hall–Kier alpha value is -1.30. The average Bonchev–Trinajstić information content (AvgIpc) is 3.05. The Morgan fingerprint density at radius 2 is 2.06 bits per heavy atom. The van der Waals surface area contributed by atoms with Crippen molar-refractivity contribution < 1.29 is 22.9 Å². The zero-order chi connectivity index (χ0) is 12.6. The van der Waals surface area contributed by atoms with E-state index in [4.69, 9.17) is 5.11 Å². The highest BCUT2D eigenvalue weighted by Crippen LogP contribution is 2.37. The van der Waals surface area contributed by atoms with Crippen molar-refractivity contribution >= 4 is 16.8 Å². The maximum Gasteiger partial charge on any atom is 0.319 e. The van der Waals surface area contributed by atoms with Crippen LogP contribution in [0.15, 0.2) is 23.1 Å². The Morgan fingerprint density at radius 1 is 1.41 bits per heavy atom. The van der Waals surface area contributed by atoms with Crippen LogP contribution >= 0.6 is 0 Å². The smallest absolute Gasteiger partial charge is 0.319 e. The van der Waals surface area contributed by atoms with Crippen LogP contribution in [-0.2, 0) is 15.6 Å². The van der Waals surface area contributed by atoms with Crippen LogP contribution in [0.2, 0.25) is 0 Å². The van der Waals surface area contributed by atoms with Gasteiger partial charge in [0.1, 0.15) is 16.9 Å². The Morgan fingerprint density at radius 3 is 2.59 bits per heavy atom. The van der Waals surface area contributed by atoms with Crippen LogP contribution < -0.4 is 0 Å². The summed E-state index contributed by atoms with van der Waals surface area (Å²) in [6.45, 7) is 0. The van der Waals surface area contributed by atoms with E-state index in [0.717, 1.165) is 18.2 Å². The Bertz CT molecular complexity index is 486.